The smallest absolute Gasteiger partial charge is 0.320 e. The molecular weight excluding hydrogens is 216 g/mol. The van der Waals surface area contributed by atoms with Crippen LogP contribution >= 0.6 is 0 Å². The Labute approximate surface area is 92.3 Å². The molecule has 1 aromatic rings. The summed E-state index contributed by atoms with van der Waals surface area (Å²) >= 11 is 0. The third-order valence-corrected chi connectivity index (χ3v) is 2.43. The number of halogens is 2. The second-order valence-corrected chi connectivity index (χ2v) is 3.68. The second-order valence-electron chi connectivity index (χ2n) is 3.68. The molecule has 3 nitrogen and oxygen atoms in total. The average Bonchev–Trinajstić information content (AvgIpc) is 2.22. The summed E-state index contributed by atoms with van der Waals surface area (Å²) in [5, 5.41) is 8.75. The lowest BCUT2D eigenvalue weighted by molar-refractivity contribution is -0.142. The first-order valence-corrected chi connectivity index (χ1v) is 4.78. The maximum atomic E-state index is 12.9. The molecule has 0 spiro atoms. The van der Waals surface area contributed by atoms with E-state index in [0.717, 1.165) is 12.1 Å². The summed E-state index contributed by atoms with van der Waals surface area (Å²) in [6.07, 6.45) is 0. The molecule has 0 saturated heterocycles. The van der Waals surface area contributed by atoms with Gasteiger partial charge in [-0.3, -0.25) is 9.69 Å². The Morgan fingerprint density at radius 3 is 2.56 bits per heavy atom. The molecule has 1 N–H and O–H groups in total. The number of rotatable bonds is 4. The van der Waals surface area contributed by atoms with Gasteiger partial charge in [-0.2, -0.15) is 0 Å². The van der Waals surface area contributed by atoms with E-state index in [0.29, 0.717) is 5.56 Å². The van der Waals surface area contributed by atoms with Gasteiger partial charge in [0.1, 0.15) is 6.04 Å². The van der Waals surface area contributed by atoms with E-state index in [-0.39, 0.29) is 6.54 Å². The summed E-state index contributed by atoms with van der Waals surface area (Å²) in [7, 11) is 1.61. The molecule has 1 atom stereocenters. The first-order chi connectivity index (χ1) is 7.41. The van der Waals surface area contributed by atoms with Crippen LogP contribution in [0, 0.1) is 11.6 Å². The van der Waals surface area contributed by atoms with Crippen molar-refractivity contribution >= 4 is 5.97 Å². The minimum absolute atomic E-state index is 0.255. The molecule has 0 aliphatic heterocycles. The largest absolute Gasteiger partial charge is 0.480 e. The zero-order chi connectivity index (χ0) is 12.3. The Morgan fingerprint density at radius 1 is 1.44 bits per heavy atom. The summed E-state index contributed by atoms with van der Waals surface area (Å²) < 4.78 is 25.5. The lowest BCUT2D eigenvalue weighted by atomic mass is 10.2. The van der Waals surface area contributed by atoms with Crippen molar-refractivity contribution in [3.63, 3.8) is 0 Å². The zero-order valence-electron chi connectivity index (χ0n) is 9.08. The van der Waals surface area contributed by atoms with E-state index in [1.807, 2.05) is 0 Å². The highest BCUT2D eigenvalue weighted by molar-refractivity contribution is 5.72. The maximum Gasteiger partial charge on any atom is 0.320 e. The van der Waals surface area contributed by atoms with Gasteiger partial charge in [-0.05, 0) is 31.7 Å². The lowest BCUT2D eigenvalue weighted by Crippen LogP contribution is -2.35. The molecular formula is C11H13F2NO2. The van der Waals surface area contributed by atoms with Gasteiger partial charge in [0.25, 0.3) is 0 Å². The quantitative estimate of drug-likeness (QED) is 0.856. The van der Waals surface area contributed by atoms with Crippen molar-refractivity contribution in [2.24, 2.45) is 0 Å². The number of benzene rings is 1. The second kappa shape index (κ2) is 5.03. The van der Waals surface area contributed by atoms with Crippen molar-refractivity contribution in [3.05, 3.63) is 35.4 Å². The van der Waals surface area contributed by atoms with Crippen LogP contribution in [-0.2, 0) is 11.3 Å². The van der Waals surface area contributed by atoms with Crippen molar-refractivity contribution in [2.45, 2.75) is 19.5 Å². The molecule has 0 aliphatic carbocycles. The van der Waals surface area contributed by atoms with Crippen LogP contribution < -0.4 is 0 Å². The van der Waals surface area contributed by atoms with E-state index < -0.39 is 23.6 Å². The molecule has 0 radical (unpaired) electrons. The number of carboxylic acids is 1. The standard InChI is InChI=1S/C11H13F2NO2/c1-7(11(15)16)14(2)6-8-3-4-9(12)10(13)5-8/h3-5,7H,6H2,1-2H3,(H,15,16). The van der Waals surface area contributed by atoms with Crippen LogP contribution in [-0.4, -0.2) is 29.1 Å². The zero-order valence-corrected chi connectivity index (χ0v) is 9.08. The fraction of sp³-hybridized carbons (Fsp3) is 0.364. The van der Waals surface area contributed by atoms with Crippen molar-refractivity contribution in [1.29, 1.82) is 0 Å². The monoisotopic (exact) mass is 229 g/mol. The molecule has 1 aromatic carbocycles. The van der Waals surface area contributed by atoms with Gasteiger partial charge >= 0.3 is 5.97 Å². The predicted molar refractivity (Wildman–Crippen MR) is 54.9 cm³/mol. The SMILES string of the molecule is CC(C(=O)O)N(C)Cc1ccc(F)c(F)c1. The molecule has 88 valence electrons. The van der Waals surface area contributed by atoms with Gasteiger partial charge in [0, 0.05) is 6.54 Å². The van der Waals surface area contributed by atoms with E-state index in [1.165, 1.54) is 17.9 Å². The Balaban J connectivity index is 2.73. The van der Waals surface area contributed by atoms with Crippen LogP contribution in [0.5, 0.6) is 0 Å². The first-order valence-electron chi connectivity index (χ1n) is 4.78. The molecule has 0 bridgehead atoms. The Hall–Kier alpha value is -1.49. The summed E-state index contributed by atoms with van der Waals surface area (Å²) in [4.78, 5) is 12.2. The van der Waals surface area contributed by atoms with Gasteiger partial charge < -0.3 is 5.11 Å². The number of aliphatic carboxylic acids is 1. The summed E-state index contributed by atoms with van der Waals surface area (Å²) in [5.41, 5.74) is 0.537. The Kier molecular flexibility index (Phi) is 3.95. The molecule has 0 heterocycles. The highest BCUT2D eigenvalue weighted by Crippen LogP contribution is 2.11. The Morgan fingerprint density at radius 2 is 2.06 bits per heavy atom. The number of hydrogen-bond donors (Lipinski definition) is 1. The maximum absolute atomic E-state index is 12.9. The van der Waals surface area contributed by atoms with Crippen molar-refractivity contribution < 1.29 is 18.7 Å². The van der Waals surface area contributed by atoms with Gasteiger partial charge in [-0.25, -0.2) is 8.78 Å². The summed E-state index contributed by atoms with van der Waals surface area (Å²) in [6.45, 7) is 1.78. The fourth-order valence-electron chi connectivity index (χ4n) is 1.25. The molecule has 1 unspecified atom stereocenters. The normalized spacial score (nSPS) is 12.8. The fourth-order valence-corrected chi connectivity index (χ4v) is 1.25. The molecule has 0 fully saturated rings. The van der Waals surface area contributed by atoms with Gasteiger partial charge in [0.05, 0.1) is 0 Å². The minimum atomic E-state index is -0.954. The lowest BCUT2D eigenvalue weighted by Gasteiger charge is -2.20. The van der Waals surface area contributed by atoms with E-state index in [9.17, 15) is 13.6 Å². The van der Waals surface area contributed by atoms with Crippen LogP contribution in [0.2, 0.25) is 0 Å². The van der Waals surface area contributed by atoms with E-state index in [1.54, 1.807) is 7.05 Å². The van der Waals surface area contributed by atoms with E-state index in [4.69, 9.17) is 5.11 Å². The molecule has 1 rings (SSSR count). The third kappa shape index (κ3) is 3.00. The third-order valence-electron chi connectivity index (χ3n) is 2.43. The van der Waals surface area contributed by atoms with Gasteiger partial charge in [-0.15, -0.1) is 0 Å². The summed E-state index contributed by atoms with van der Waals surface area (Å²) in [6, 6.07) is 2.86. The van der Waals surface area contributed by atoms with Gasteiger partial charge in [0.15, 0.2) is 11.6 Å². The minimum Gasteiger partial charge on any atom is -0.480 e. The van der Waals surface area contributed by atoms with Crippen molar-refractivity contribution in [2.75, 3.05) is 7.05 Å². The molecule has 0 amide bonds. The van der Waals surface area contributed by atoms with Crippen LogP contribution in [0.15, 0.2) is 18.2 Å². The number of nitrogens with zero attached hydrogens (tertiary/aromatic N) is 1. The average molecular weight is 229 g/mol. The van der Waals surface area contributed by atoms with E-state index >= 15 is 0 Å². The summed E-state index contributed by atoms with van der Waals surface area (Å²) in [5.74, 6) is -2.78. The van der Waals surface area contributed by atoms with Gasteiger partial charge in [0.2, 0.25) is 0 Å². The topological polar surface area (TPSA) is 40.5 Å². The number of carboxylic acid groups (broad SMARTS) is 1. The number of carbonyl (C=O) groups is 1. The van der Waals surface area contributed by atoms with Crippen molar-refractivity contribution in [3.8, 4) is 0 Å². The number of likely N-dealkylation sites (N-methyl/N-ethyl adjacent to an activating group) is 1. The molecule has 5 heteroatoms. The predicted octanol–water partition coefficient (Wildman–Crippen LogP) is 1.87. The Bertz CT molecular complexity index is 396. The molecule has 0 aromatic heterocycles. The highest BCUT2D eigenvalue weighted by atomic mass is 19.2. The molecule has 16 heavy (non-hydrogen) atoms. The van der Waals surface area contributed by atoms with Crippen LogP contribution in [0.3, 0.4) is 0 Å². The first kappa shape index (κ1) is 12.6. The van der Waals surface area contributed by atoms with Crippen LogP contribution in [0.1, 0.15) is 12.5 Å². The number of hydrogen-bond acceptors (Lipinski definition) is 2. The van der Waals surface area contributed by atoms with Crippen LogP contribution in [0.4, 0.5) is 8.78 Å². The van der Waals surface area contributed by atoms with Gasteiger partial charge in [-0.1, -0.05) is 6.07 Å². The van der Waals surface area contributed by atoms with E-state index in [2.05, 4.69) is 0 Å². The molecule has 0 saturated carbocycles. The highest BCUT2D eigenvalue weighted by Gasteiger charge is 2.17. The van der Waals surface area contributed by atoms with Crippen LogP contribution in [0.25, 0.3) is 0 Å². The molecule has 0 aliphatic rings. The van der Waals surface area contributed by atoms with Crippen molar-refractivity contribution in [1.82, 2.24) is 4.90 Å².